The SMILES string of the molecule is CC1=C(c2ccc(C)c(C)c2)S(=O)(=O)N(Cc2ccc(C(=O)NCc3ccccn3)cc2)C1=O. The zero-order valence-electron chi connectivity index (χ0n) is 19.2. The molecule has 0 fully saturated rings. The van der Waals surface area contributed by atoms with Gasteiger partial charge >= 0.3 is 0 Å². The monoisotopic (exact) mass is 475 g/mol. The van der Waals surface area contributed by atoms with Gasteiger partial charge < -0.3 is 5.32 Å². The molecule has 0 aliphatic carbocycles. The molecule has 34 heavy (non-hydrogen) atoms. The summed E-state index contributed by atoms with van der Waals surface area (Å²) in [4.78, 5) is 29.5. The molecular formula is C26H25N3O4S. The van der Waals surface area contributed by atoms with Gasteiger partial charge in [0.2, 0.25) is 0 Å². The van der Waals surface area contributed by atoms with E-state index in [-0.39, 0.29) is 22.9 Å². The summed E-state index contributed by atoms with van der Waals surface area (Å²) in [5.74, 6) is -0.804. The number of carbonyl (C=O) groups excluding carboxylic acids is 2. The van der Waals surface area contributed by atoms with Gasteiger partial charge in [-0.25, -0.2) is 12.7 Å². The molecule has 3 aromatic rings. The second kappa shape index (κ2) is 9.23. The molecule has 0 bridgehead atoms. The van der Waals surface area contributed by atoms with Gasteiger partial charge in [-0.3, -0.25) is 14.6 Å². The third-order valence-electron chi connectivity index (χ3n) is 5.90. The number of pyridine rings is 1. The predicted octanol–water partition coefficient (Wildman–Crippen LogP) is 3.73. The quantitative estimate of drug-likeness (QED) is 0.586. The summed E-state index contributed by atoms with van der Waals surface area (Å²) >= 11 is 0. The van der Waals surface area contributed by atoms with Crippen LogP contribution in [0.4, 0.5) is 0 Å². The second-order valence-electron chi connectivity index (χ2n) is 8.27. The van der Waals surface area contributed by atoms with Crippen LogP contribution in [-0.4, -0.2) is 29.5 Å². The van der Waals surface area contributed by atoms with Crippen molar-refractivity contribution in [1.29, 1.82) is 0 Å². The Bertz CT molecular complexity index is 1400. The molecule has 2 heterocycles. The van der Waals surface area contributed by atoms with E-state index in [9.17, 15) is 18.0 Å². The Morgan fingerprint density at radius 2 is 1.71 bits per heavy atom. The summed E-state index contributed by atoms with van der Waals surface area (Å²) in [5, 5.41) is 2.80. The summed E-state index contributed by atoms with van der Waals surface area (Å²) < 4.78 is 27.5. The molecule has 8 heteroatoms. The van der Waals surface area contributed by atoms with E-state index in [1.807, 2.05) is 32.0 Å². The van der Waals surface area contributed by atoms with Crippen molar-refractivity contribution in [2.24, 2.45) is 0 Å². The topological polar surface area (TPSA) is 96.4 Å². The average Bonchev–Trinajstić information content (AvgIpc) is 2.99. The Hall–Kier alpha value is -3.78. The molecule has 1 aliphatic heterocycles. The van der Waals surface area contributed by atoms with E-state index in [2.05, 4.69) is 10.3 Å². The van der Waals surface area contributed by atoms with Crippen LogP contribution < -0.4 is 5.32 Å². The lowest BCUT2D eigenvalue weighted by atomic mass is 10.0. The van der Waals surface area contributed by atoms with Gasteiger partial charge in [0.15, 0.2) is 0 Å². The van der Waals surface area contributed by atoms with Crippen LogP contribution >= 0.6 is 0 Å². The molecule has 2 amide bonds. The van der Waals surface area contributed by atoms with Gasteiger partial charge in [0.1, 0.15) is 4.91 Å². The number of hydrogen-bond donors (Lipinski definition) is 1. The fourth-order valence-electron chi connectivity index (χ4n) is 3.80. The number of sulfonamides is 1. The highest BCUT2D eigenvalue weighted by Gasteiger charge is 2.42. The molecule has 2 aromatic carbocycles. The van der Waals surface area contributed by atoms with Crippen LogP contribution in [-0.2, 0) is 27.9 Å². The van der Waals surface area contributed by atoms with E-state index in [4.69, 9.17) is 0 Å². The van der Waals surface area contributed by atoms with Crippen molar-refractivity contribution in [1.82, 2.24) is 14.6 Å². The van der Waals surface area contributed by atoms with Crippen LogP contribution in [0, 0.1) is 13.8 Å². The lowest BCUT2D eigenvalue weighted by Crippen LogP contribution is -2.31. The molecule has 0 radical (unpaired) electrons. The number of hydrogen-bond acceptors (Lipinski definition) is 5. The van der Waals surface area contributed by atoms with Crippen molar-refractivity contribution >= 4 is 26.7 Å². The average molecular weight is 476 g/mol. The minimum absolute atomic E-state index is 0.0473. The third-order valence-corrected chi connectivity index (χ3v) is 7.84. The van der Waals surface area contributed by atoms with Crippen LogP contribution in [0.15, 0.2) is 72.4 Å². The number of benzene rings is 2. The van der Waals surface area contributed by atoms with Gasteiger partial charge in [0.25, 0.3) is 21.8 Å². The molecule has 0 spiro atoms. The Morgan fingerprint density at radius 1 is 0.971 bits per heavy atom. The minimum atomic E-state index is -4.00. The molecule has 1 aliphatic rings. The van der Waals surface area contributed by atoms with E-state index < -0.39 is 15.9 Å². The van der Waals surface area contributed by atoms with E-state index in [0.29, 0.717) is 23.2 Å². The lowest BCUT2D eigenvalue weighted by Gasteiger charge is -2.17. The number of aryl methyl sites for hydroxylation is 2. The molecule has 1 aromatic heterocycles. The van der Waals surface area contributed by atoms with E-state index in [1.165, 1.54) is 0 Å². The number of rotatable bonds is 6. The van der Waals surface area contributed by atoms with Gasteiger partial charge in [-0.2, -0.15) is 0 Å². The van der Waals surface area contributed by atoms with Crippen LogP contribution in [0.5, 0.6) is 0 Å². The Morgan fingerprint density at radius 3 is 2.35 bits per heavy atom. The molecular weight excluding hydrogens is 450 g/mol. The first-order chi connectivity index (χ1) is 16.2. The molecule has 4 rings (SSSR count). The summed E-state index contributed by atoms with van der Waals surface area (Å²) in [6.45, 7) is 5.59. The number of carbonyl (C=O) groups is 2. The van der Waals surface area contributed by atoms with Crippen LogP contribution in [0.2, 0.25) is 0 Å². The maximum Gasteiger partial charge on any atom is 0.268 e. The van der Waals surface area contributed by atoms with Crippen molar-refractivity contribution in [3.63, 3.8) is 0 Å². The molecule has 0 saturated carbocycles. The number of aromatic nitrogens is 1. The predicted molar refractivity (Wildman–Crippen MR) is 130 cm³/mol. The van der Waals surface area contributed by atoms with Crippen LogP contribution in [0.1, 0.15) is 45.2 Å². The van der Waals surface area contributed by atoms with E-state index >= 15 is 0 Å². The Labute approximate surface area is 199 Å². The maximum atomic E-state index is 13.3. The van der Waals surface area contributed by atoms with Gasteiger partial charge in [-0.05, 0) is 67.3 Å². The minimum Gasteiger partial charge on any atom is -0.346 e. The molecule has 7 nitrogen and oxygen atoms in total. The molecule has 1 N–H and O–H groups in total. The van der Waals surface area contributed by atoms with Crippen molar-refractivity contribution in [2.45, 2.75) is 33.9 Å². The first-order valence-electron chi connectivity index (χ1n) is 10.8. The highest BCUT2D eigenvalue weighted by molar-refractivity contribution is 7.99. The molecule has 0 unspecified atom stereocenters. The normalized spacial score (nSPS) is 15.0. The first-order valence-corrected chi connectivity index (χ1v) is 12.2. The summed E-state index contributed by atoms with van der Waals surface area (Å²) in [5.41, 5.74) is 4.49. The zero-order valence-corrected chi connectivity index (χ0v) is 20.0. The van der Waals surface area contributed by atoms with Gasteiger partial charge in [0, 0.05) is 17.3 Å². The van der Waals surface area contributed by atoms with Crippen molar-refractivity contribution in [2.75, 3.05) is 0 Å². The number of nitrogens with one attached hydrogen (secondary N) is 1. The summed E-state index contributed by atoms with van der Waals surface area (Å²) in [6, 6.07) is 17.4. The Balaban J connectivity index is 1.49. The standard InChI is InChI=1S/C26H25N3O4S/c1-17-7-10-22(14-18(17)2)24-19(3)26(31)29(34(24,32)33)16-20-8-11-21(12-9-20)25(30)28-15-23-6-4-5-13-27-23/h4-14H,15-16H2,1-3H3,(H,28,30). The third kappa shape index (κ3) is 4.49. The van der Waals surface area contributed by atoms with E-state index in [0.717, 1.165) is 21.1 Å². The Kier molecular flexibility index (Phi) is 6.34. The smallest absolute Gasteiger partial charge is 0.268 e. The number of nitrogens with zero attached hydrogens (tertiary/aromatic N) is 2. The summed E-state index contributed by atoms with van der Waals surface area (Å²) in [7, 11) is -4.00. The highest BCUT2D eigenvalue weighted by atomic mass is 32.2. The van der Waals surface area contributed by atoms with Gasteiger partial charge in [-0.15, -0.1) is 0 Å². The van der Waals surface area contributed by atoms with E-state index in [1.54, 1.807) is 55.6 Å². The zero-order chi connectivity index (χ0) is 24.5. The molecule has 0 atom stereocenters. The molecule has 0 saturated heterocycles. The fraction of sp³-hybridized carbons (Fsp3) is 0.192. The molecule has 174 valence electrons. The largest absolute Gasteiger partial charge is 0.346 e. The lowest BCUT2D eigenvalue weighted by molar-refractivity contribution is -0.122. The van der Waals surface area contributed by atoms with Crippen molar-refractivity contribution in [3.8, 4) is 0 Å². The van der Waals surface area contributed by atoms with Crippen LogP contribution in [0.25, 0.3) is 4.91 Å². The van der Waals surface area contributed by atoms with Gasteiger partial charge in [0.05, 0.1) is 18.8 Å². The highest BCUT2D eigenvalue weighted by Crippen LogP contribution is 2.37. The fourth-order valence-corrected chi connectivity index (χ4v) is 5.60. The summed E-state index contributed by atoms with van der Waals surface area (Å²) in [6.07, 6.45) is 1.66. The van der Waals surface area contributed by atoms with Crippen molar-refractivity contribution in [3.05, 3.63) is 106 Å². The maximum absolute atomic E-state index is 13.3. The van der Waals surface area contributed by atoms with Crippen LogP contribution in [0.3, 0.4) is 0 Å². The first kappa shape index (κ1) is 23.4. The number of amides is 2. The van der Waals surface area contributed by atoms with Gasteiger partial charge in [-0.1, -0.05) is 36.4 Å². The van der Waals surface area contributed by atoms with Crippen molar-refractivity contribution < 1.29 is 18.0 Å². The second-order valence-corrected chi connectivity index (χ2v) is 10.1.